The molecule has 0 aliphatic carbocycles. The molecule has 4 aromatic carbocycles. The lowest BCUT2D eigenvalue weighted by Crippen LogP contribution is -2.12. The van der Waals surface area contributed by atoms with Gasteiger partial charge in [0.25, 0.3) is 0 Å². The molecular formula is C66H72N4O14. The molecule has 0 radical (unpaired) electrons. The summed E-state index contributed by atoms with van der Waals surface area (Å²) < 4.78 is 67.2. The van der Waals surface area contributed by atoms with E-state index in [4.69, 9.17) is 66.8 Å². The Balaban J connectivity index is 1.13. The number of methoxy groups -OCH3 is 3. The summed E-state index contributed by atoms with van der Waals surface area (Å²) in [6, 6.07) is 38.9. The van der Waals surface area contributed by atoms with Crippen molar-refractivity contribution in [3.63, 3.8) is 0 Å². The fourth-order valence-electron chi connectivity index (χ4n) is 9.43. The fourth-order valence-corrected chi connectivity index (χ4v) is 9.43. The number of nitrogens with one attached hydrogen (secondary N) is 2. The molecule has 0 saturated carbocycles. The second-order valence-corrected chi connectivity index (χ2v) is 19.2. The molecule has 0 unspecified atom stereocenters. The maximum Gasteiger partial charge on any atom is 0.335 e. The summed E-state index contributed by atoms with van der Waals surface area (Å²) in [5.74, 6) is 1.02. The molecule has 5 heterocycles. The van der Waals surface area contributed by atoms with Gasteiger partial charge in [-0.15, -0.1) is 0 Å². The molecule has 0 atom stereocenters. The highest BCUT2D eigenvalue weighted by Gasteiger charge is 2.20. The Bertz CT molecular complexity index is 3390. The summed E-state index contributed by atoms with van der Waals surface area (Å²) in [6.07, 6.45) is 8.05. The first-order valence-corrected chi connectivity index (χ1v) is 28.0. The van der Waals surface area contributed by atoms with Gasteiger partial charge in [-0.2, -0.15) is 0 Å². The monoisotopic (exact) mass is 1140 g/mol. The van der Waals surface area contributed by atoms with Crippen LogP contribution in [0.2, 0.25) is 0 Å². The van der Waals surface area contributed by atoms with E-state index in [1.54, 1.807) is 39.5 Å². The Kier molecular flexibility index (Phi) is 23.2. The topological polar surface area (TPSA) is 205 Å². The molecule has 3 N–H and O–H groups in total. The van der Waals surface area contributed by atoms with Gasteiger partial charge in [-0.05, 0) is 119 Å². The van der Waals surface area contributed by atoms with Gasteiger partial charge in [0.2, 0.25) is 0 Å². The Labute approximate surface area is 488 Å². The lowest BCUT2D eigenvalue weighted by molar-refractivity contribution is 0.0180. The van der Waals surface area contributed by atoms with Gasteiger partial charge in [-0.25, -0.2) is 14.8 Å². The maximum absolute atomic E-state index is 12.5. The van der Waals surface area contributed by atoms with Crippen molar-refractivity contribution in [1.29, 1.82) is 0 Å². The largest absolute Gasteiger partial charge is 0.491 e. The number of aromatic amines is 2. The first-order chi connectivity index (χ1) is 41.4. The van der Waals surface area contributed by atoms with E-state index >= 15 is 0 Å². The Morgan fingerprint density at radius 2 is 0.643 bits per heavy atom. The van der Waals surface area contributed by atoms with Crippen LogP contribution in [-0.4, -0.2) is 171 Å². The number of hydrogen-bond acceptors (Lipinski definition) is 15. The zero-order valence-corrected chi connectivity index (χ0v) is 47.7. The first-order valence-electron chi connectivity index (χ1n) is 28.0. The molecule has 9 rings (SSSR count). The van der Waals surface area contributed by atoms with Crippen LogP contribution in [0.25, 0.3) is 90.9 Å². The normalized spacial score (nSPS) is 11.8. The average Bonchev–Trinajstić information content (AvgIpc) is 2.62. The summed E-state index contributed by atoms with van der Waals surface area (Å²) in [6.45, 7) is 8.23. The van der Waals surface area contributed by atoms with Gasteiger partial charge in [0.05, 0.1) is 127 Å². The van der Waals surface area contributed by atoms with Crippen molar-refractivity contribution in [2.75, 3.05) is 140 Å². The first kappa shape index (κ1) is 60.6. The highest BCUT2D eigenvalue weighted by Crippen LogP contribution is 2.39. The van der Waals surface area contributed by atoms with Crippen LogP contribution < -0.4 is 14.2 Å². The number of aromatic carboxylic acids is 1. The number of nitrogens with zero attached hydrogens (tertiary/aromatic N) is 2. The van der Waals surface area contributed by atoms with E-state index in [1.807, 2.05) is 115 Å². The summed E-state index contributed by atoms with van der Waals surface area (Å²) in [7, 11) is 4.93. The predicted molar refractivity (Wildman–Crippen MR) is 325 cm³/mol. The van der Waals surface area contributed by atoms with Crippen molar-refractivity contribution < 1.29 is 66.7 Å². The van der Waals surface area contributed by atoms with Gasteiger partial charge >= 0.3 is 5.97 Å². The van der Waals surface area contributed by atoms with E-state index in [-0.39, 0.29) is 5.56 Å². The van der Waals surface area contributed by atoms with Gasteiger partial charge in [0.15, 0.2) is 0 Å². The van der Waals surface area contributed by atoms with Crippen molar-refractivity contribution in [3.05, 3.63) is 150 Å². The predicted octanol–water partition coefficient (Wildman–Crippen LogP) is 11.2. The molecule has 18 nitrogen and oxygen atoms in total. The summed E-state index contributed by atoms with van der Waals surface area (Å²) >= 11 is 0. The molecule has 18 heteroatoms. The quantitative estimate of drug-likeness (QED) is 0.0316. The van der Waals surface area contributed by atoms with Crippen LogP contribution in [0.3, 0.4) is 0 Å². The number of carboxylic acid groups (broad SMARTS) is 1. The van der Waals surface area contributed by atoms with Gasteiger partial charge in [0, 0.05) is 65.7 Å². The van der Waals surface area contributed by atoms with E-state index in [0.29, 0.717) is 164 Å². The molecule has 0 spiro atoms. The molecule has 0 amide bonds. The number of hydrogen-bond donors (Lipinski definition) is 3. The number of rotatable bonds is 35. The van der Waals surface area contributed by atoms with Gasteiger partial charge in [-0.3, -0.25) is 0 Å². The van der Waals surface area contributed by atoms with E-state index in [9.17, 15) is 9.90 Å². The molecule has 440 valence electrons. The van der Waals surface area contributed by atoms with Crippen LogP contribution in [0.15, 0.2) is 121 Å². The van der Waals surface area contributed by atoms with E-state index in [1.165, 1.54) is 0 Å². The standard InChI is InChI=1S/C66H72N4O14/c1-73-27-30-76-33-36-79-39-42-82-51-13-7-46(8-14-51)62-54-19-21-56(67-54)63(47-9-15-52(16-10-47)83-43-40-80-37-34-77-31-28-74-2)58-23-25-60(69-58)65(49-5-4-6-50(45-49)66(71)72)61-26-24-59(70-61)64(57-22-20-55(62)68-57)48-11-17-53(18-12-48)84-44-41-81-38-35-78-32-29-75-3/h4-26,45,67,70H,27-44H2,1-3H3,(H,71,72). The van der Waals surface area contributed by atoms with Crippen molar-refractivity contribution in [3.8, 4) is 61.8 Å². The van der Waals surface area contributed by atoms with Crippen LogP contribution in [-0.2, 0) is 42.6 Å². The third kappa shape index (κ3) is 16.8. The Morgan fingerprint density at radius 3 is 0.940 bits per heavy atom. The minimum absolute atomic E-state index is 0.148. The van der Waals surface area contributed by atoms with Crippen LogP contribution >= 0.6 is 0 Å². The van der Waals surface area contributed by atoms with Gasteiger partial charge in [-0.1, -0.05) is 48.5 Å². The summed E-state index contributed by atoms with van der Waals surface area (Å²) in [4.78, 5) is 30.9. The fraction of sp³-hybridized carbons (Fsp3) is 0.318. The highest BCUT2D eigenvalue weighted by molar-refractivity contribution is 6.00. The molecule has 0 fully saturated rings. The SMILES string of the molecule is COCCOCCOCCOc1ccc(-c2c3nc(c(-c4ccc(OCCOCCOCCOC)cc4)c4ccc([nH]4)c(-c4cccc(C(=O)O)c4)c4nc(c(-c5ccc(OCCOCCOCCOC)cc5)c5ccc2[nH]5)C=C4)C=C3)cc1. The van der Waals surface area contributed by atoms with Crippen LogP contribution in [0, 0.1) is 0 Å². The number of carboxylic acids is 1. The average molecular weight is 1150 g/mol. The second kappa shape index (κ2) is 32.2. The third-order valence-corrected chi connectivity index (χ3v) is 13.5. The molecular weight excluding hydrogens is 1070 g/mol. The number of fused-ring (bicyclic) bond motifs is 8. The third-order valence-electron chi connectivity index (χ3n) is 13.5. The molecule has 2 aliphatic rings. The van der Waals surface area contributed by atoms with Gasteiger partial charge in [0.1, 0.15) is 37.1 Å². The second-order valence-electron chi connectivity index (χ2n) is 19.2. The van der Waals surface area contributed by atoms with Crippen LogP contribution in [0.4, 0.5) is 0 Å². The molecule has 84 heavy (non-hydrogen) atoms. The number of carbonyl (C=O) groups is 1. The van der Waals surface area contributed by atoms with E-state index < -0.39 is 5.97 Å². The summed E-state index contributed by atoms with van der Waals surface area (Å²) in [5, 5.41) is 10.2. The minimum Gasteiger partial charge on any atom is -0.491 e. The lowest BCUT2D eigenvalue weighted by atomic mass is 10.0. The molecule has 8 bridgehead atoms. The zero-order valence-electron chi connectivity index (χ0n) is 47.7. The molecule has 2 aliphatic heterocycles. The smallest absolute Gasteiger partial charge is 0.335 e. The van der Waals surface area contributed by atoms with Crippen molar-refractivity contribution >= 4 is 52.3 Å². The number of benzene rings is 4. The minimum atomic E-state index is -1.04. The molecule has 7 aromatic rings. The molecule has 3 aromatic heterocycles. The van der Waals surface area contributed by atoms with Crippen molar-refractivity contribution in [2.45, 2.75) is 0 Å². The van der Waals surface area contributed by atoms with Crippen molar-refractivity contribution in [2.24, 2.45) is 0 Å². The highest BCUT2D eigenvalue weighted by atomic mass is 16.6. The Hall–Kier alpha value is -8.01. The van der Waals surface area contributed by atoms with E-state index in [0.717, 1.165) is 61.1 Å². The zero-order chi connectivity index (χ0) is 58.1. The molecule has 0 saturated heterocycles. The van der Waals surface area contributed by atoms with E-state index in [2.05, 4.69) is 22.1 Å². The van der Waals surface area contributed by atoms with Crippen molar-refractivity contribution in [1.82, 2.24) is 19.9 Å². The van der Waals surface area contributed by atoms with Gasteiger partial charge < -0.3 is 71.9 Å². The number of H-pyrrole nitrogens is 2. The summed E-state index contributed by atoms with van der Waals surface area (Å²) in [5.41, 5.74) is 12.6. The number of aromatic nitrogens is 4. The Morgan fingerprint density at radius 1 is 0.357 bits per heavy atom. The van der Waals surface area contributed by atoms with Crippen LogP contribution in [0.1, 0.15) is 33.1 Å². The maximum atomic E-state index is 12.5. The van der Waals surface area contributed by atoms with Crippen LogP contribution in [0.5, 0.6) is 17.2 Å². The number of ether oxygens (including phenoxy) is 12. The lowest BCUT2D eigenvalue weighted by Gasteiger charge is -2.10.